The number of allylic oxidation sites excluding steroid dienone is 2. The third kappa shape index (κ3) is 25.7. The summed E-state index contributed by atoms with van der Waals surface area (Å²) < 4.78 is 0. The van der Waals surface area contributed by atoms with Crippen molar-refractivity contribution in [3.8, 4) is 0 Å². The quantitative estimate of drug-likeness (QED) is 0.138. The SMILES string of the molecule is CC(C)CCCCCCCCC/C=C\CCCCCCCCCCC(C)C. The summed E-state index contributed by atoms with van der Waals surface area (Å²) in [7, 11) is 0. The van der Waals surface area contributed by atoms with E-state index in [-0.39, 0.29) is 0 Å². The van der Waals surface area contributed by atoms with Crippen molar-refractivity contribution in [2.75, 3.05) is 0 Å². The Morgan fingerprint density at radius 1 is 0.370 bits per heavy atom. The maximum absolute atomic E-state index is 2.44. The van der Waals surface area contributed by atoms with E-state index < -0.39 is 0 Å². The summed E-state index contributed by atoms with van der Waals surface area (Å²) >= 11 is 0. The Morgan fingerprint density at radius 2 is 0.630 bits per heavy atom. The Balaban J connectivity index is 3.09. The van der Waals surface area contributed by atoms with E-state index in [1.807, 2.05) is 0 Å². The summed E-state index contributed by atoms with van der Waals surface area (Å²) in [5.74, 6) is 1.78. The second-order valence-electron chi connectivity index (χ2n) is 9.72. The van der Waals surface area contributed by atoms with Crippen LogP contribution in [-0.4, -0.2) is 0 Å². The predicted molar refractivity (Wildman–Crippen MR) is 127 cm³/mol. The first-order valence-electron chi connectivity index (χ1n) is 12.8. The molecule has 0 saturated carbocycles. The smallest absolute Gasteiger partial charge is 0.0351 e. The highest BCUT2D eigenvalue weighted by Gasteiger charge is 1.96. The van der Waals surface area contributed by atoms with Gasteiger partial charge in [0.25, 0.3) is 0 Å². The maximum Gasteiger partial charge on any atom is -0.0351 e. The molecule has 0 heterocycles. The lowest BCUT2D eigenvalue weighted by molar-refractivity contribution is 0.507. The van der Waals surface area contributed by atoms with Crippen LogP contribution in [0.2, 0.25) is 0 Å². The Hall–Kier alpha value is -0.260. The first-order chi connectivity index (χ1) is 13.1. The fourth-order valence-electron chi connectivity index (χ4n) is 3.81. The minimum absolute atomic E-state index is 0.890. The highest BCUT2D eigenvalue weighted by Crippen LogP contribution is 2.14. The lowest BCUT2D eigenvalue weighted by Gasteiger charge is -2.04. The lowest BCUT2D eigenvalue weighted by Crippen LogP contribution is -1.87. The van der Waals surface area contributed by atoms with Crippen molar-refractivity contribution in [1.29, 1.82) is 0 Å². The molecule has 0 radical (unpaired) electrons. The van der Waals surface area contributed by atoms with Crippen molar-refractivity contribution in [2.24, 2.45) is 11.8 Å². The predicted octanol–water partition coefficient (Wildman–Crippen LogP) is 10.3. The van der Waals surface area contributed by atoms with E-state index >= 15 is 0 Å². The van der Waals surface area contributed by atoms with Crippen molar-refractivity contribution < 1.29 is 0 Å². The first kappa shape index (κ1) is 26.7. The molecule has 0 fully saturated rings. The van der Waals surface area contributed by atoms with Crippen molar-refractivity contribution >= 4 is 0 Å². The van der Waals surface area contributed by atoms with Crippen molar-refractivity contribution in [3.63, 3.8) is 0 Å². The minimum Gasteiger partial charge on any atom is -0.0885 e. The highest BCUT2D eigenvalue weighted by molar-refractivity contribution is 4.81. The molecule has 0 saturated heterocycles. The zero-order valence-corrected chi connectivity index (χ0v) is 19.7. The van der Waals surface area contributed by atoms with Crippen LogP contribution in [0.1, 0.15) is 150 Å². The van der Waals surface area contributed by atoms with Gasteiger partial charge in [-0.15, -0.1) is 0 Å². The maximum atomic E-state index is 2.44. The van der Waals surface area contributed by atoms with Gasteiger partial charge in [0, 0.05) is 0 Å². The standard InChI is InChI=1S/C27H54/c1-26(2)24-22-20-18-16-14-12-10-8-6-5-7-9-11-13-15-17-19-21-23-25-27(3)4/h5-6,26-27H,7-25H2,1-4H3/b6-5-. The molecule has 162 valence electrons. The molecule has 0 nitrogen and oxygen atoms in total. The van der Waals surface area contributed by atoms with Crippen LogP contribution in [-0.2, 0) is 0 Å². The van der Waals surface area contributed by atoms with Crippen molar-refractivity contribution in [1.82, 2.24) is 0 Å². The molecule has 0 aliphatic heterocycles. The average Bonchev–Trinajstić information content (AvgIpc) is 2.62. The average molecular weight is 379 g/mol. The molecule has 0 aromatic rings. The van der Waals surface area contributed by atoms with Crippen LogP contribution in [0, 0.1) is 11.8 Å². The molecule has 0 aliphatic rings. The van der Waals surface area contributed by atoms with Gasteiger partial charge < -0.3 is 0 Å². The normalized spacial score (nSPS) is 12.1. The van der Waals surface area contributed by atoms with E-state index in [4.69, 9.17) is 0 Å². The lowest BCUT2D eigenvalue weighted by atomic mass is 10.0. The van der Waals surface area contributed by atoms with Crippen molar-refractivity contribution in [2.45, 2.75) is 150 Å². The zero-order chi connectivity index (χ0) is 20.0. The molecule has 0 bridgehead atoms. The molecule has 0 rings (SSSR count). The molecule has 0 aromatic heterocycles. The zero-order valence-electron chi connectivity index (χ0n) is 19.7. The largest absolute Gasteiger partial charge is 0.0885 e. The van der Waals surface area contributed by atoms with E-state index in [1.165, 1.54) is 122 Å². The molecule has 27 heavy (non-hydrogen) atoms. The second-order valence-corrected chi connectivity index (χ2v) is 9.72. The summed E-state index contributed by atoms with van der Waals surface area (Å²) in [6.45, 7) is 9.35. The van der Waals surface area contributed by atoms with Gasteiger partial charge in [-0.25, -0.2) is 0 Å². The monoisotopic (exact) mass is 378 g/mol. The van der Waals surface area contributed by atoms with Gasteiger partial charge in [-0.1, -0.05) is 136 Å². The van der Waals surface area contributed by atoms with Crippen LogP contribution in [0.15, 0.2) is 12.2 Å². The summed E-state index contributed by atoms with van der Waals surface area (Å²) in [5.41, 5.74) is 0. The number of hydrogen-bond acceptors (Lipinski definition) is 0. The highest BCUT2D eigenvalue weighted by atomic mass is 14.0. The third-order valence-corrected chi connectivity index (χ3v) is 5.72. The van der Waals surface area contributed by atoms with Gasteiger partial charge in [0.15, 0.2) is 0 Å². The van der Waals surface area contributed by atoms with Gasteiger partial charge in [0.2, 0.25) is 0 Å². The third-order valence-electron chi connectivity index (χ3n) is 5.72. The molecule has 0 heteroatoms. The fraction of sp³-hybridized carbons (Fsp3) is 0.926. The first-order valence-corrected chi connectivity index (χ1v) is 12.8. The summed E-state index contributed by atoms with van der Waals surface area (Å²) in [6, 6.07) is 0. The molecule has 0 spiro atoms. The second kappa shape index (κ2) is 22.0. The van der Waals surface area contributed by atoms with Gasteiger partial charge in [-0.05, 0) is 37.5 Å². The van der Waals surface area contributed by atoms with Crippen LogP contribution in [0.4, 0.5) is 0 Å². The Labute approximate surface area is 174 Å². The summed E-state index contributed by atoms with van der Waals surface area (Å²) in [6.07, 6.45) is 32.0. The summed E-state index contributed by atoms with van der Waals surface area (Å²) in [4.78, 5) is 0. The molecular weight excluding hydrogens is 324 g/mol. The van der Waals surface area contributed by atoms with Crippen LogP contribution >= 0.6 is 0 Å². The topological polar surface area (TPSA) is 0 Å². The fourth-order valence-corrected chi connectivity index (χ4v) is 3.81. The molecular formula is C27H54. The van der Waals surface area contributed by atoms with E-state index in [9.17, 15) is 0 Å². The number of rotatable bonds is 21. The Kier molecular flexibility index (Phi) is 21.8. The van der Waals surface area contributed by atoms with E-state index in [0.717, 1.165) is 11.8 Å². The van der Waals surface area contributed by atoms with E-state index in [0.29, 0.717) is 0 Å². The molecule has 0 aliphatic carbocycles. The van der Waals surface area contributed by atoms with Gasteiger partial charge in [0.1, 0.15) is 0 Å². The molecule has 0 amide bonds. The molecule has 0 unspecified atom stereocenters. The van der Waals surface area contributed by atoms with Gasteiger partial charge in [0.05, 0.1) is 0 Å². The number of unbranched alkanes of at least 4 members (excludes halogenated alkanes) is 15. The molecule has 0 atom stereocenters. The molecule has 0 N–H and O–H groups in total. The van der Waals surface area contributed by atoms with Crippen LogP contribution < -0.4 is 0 Å². The van der Waals surface area contributed by atoms with E-state index in [1.54, 1.807) is 0 Å². The Morgan fingerprint density at radius 3 is 0.926 bits per heavy atom. The Bertz CT molecular complexity index is 286. The summed E-state index contributed by atoms with van der Waals surface area (Å²) in [5, 5.41) is 0. The van der Waals surface area contributed by atoms with Gasteiger partial charge in [-0.3, -0.25) is 0 Å². The van der Waals surface area contributed by atoms with E-state index in [2.05, 4.69) is 39.8 Å². The van der Waals surface area contributed by atoms with Gasteiger partial charge >= 0.3 is 0 Å². The minimum atomic E-state index is 0.890. The number of hydrogen-bond donors (Lipinski definition) is 0. The van der Waals surface area contributed by atoms with Crippen LogP contribution in [0.25, 0.3) is 0 Å². The van der Waals surface area contributed by atoms with Crippen molar-refractivity contribution in [3.05, 3.63) is 12.2 Å². The van der Waals surface area contributed by atoms with Crippen LogP contribution in [0.3, 0.4) is 0 Å². The van der Waals surface area contributed by atoms with Gasteiger partial charge in [-0.2, -0.15) is 0 Å². The molecule has 0 aromatic carbocycles. The van der Waals surface area contributed by atoms with Crippen LogP contribution in [0.5, 0.6) is 0 Å².